The van der Waals surface area contributed by atoms with E-state index in [9.17, 15) is 10.1 Å². The van der Waals surface area contributed by atoms with Crippen LogP contribution >= 0.6 is 0 Å². The lowest BCUT2D eigenvalue weighted by Crippen LogP contribution is -2.01. The van der Waals surface area contributed by atoms with Crippen LogP contribution in [0.2, 0.25) is 0 Å². The smallest absolute Gasteiger partial charge is 0.258 e. The van der Waals surface area contributed by atoms with Gasteiger partial charge in [0.15, 0.2) is 0 Å². The summed E-state index contributed by atoms with van der Waals surface area (Å²) in [7, 11) is 0. The fourth-order valence-corrected chi connectivity index (χ4v) is 3.11. The standard InChI is InChI=1S/C19H19N3O2/c1-12-8-9-18(13(2)10-12)21-15(4)19(14(3)20-21)16-6-5-7-17(11-16)22(23)24/h5-11H,1-4H3. The van der Waals surface area contributed by atoms with Gasteiger partial charge in [0.25, 0.3) is 5.69 Å². The first kappa shape index (κ1) is 15.9. The van der Waals surface area contributed by atoms with Crippen LogP contribution in [0.15, 0.2) is 42.5 Å². The molecule has 0 unspecified atom stereocenters. The molecule has 0 atom stereocenters. The lowest BCUT2D eigenvalue weighted by molar-refractivity contribution is -0.384. The zero-order valence-electron chi connectivity index (χ0n) is 14.2. The number of nitro groups is 1. The van der Waals surface area contributed by atoms with Crippen molar-refractivity contribution in [2.75, 3.05) is 0 Å². The second kappa shape index (κ2) is 5.92. The molecule has 5 nitrogen and oxygen atoms in total. The van der Waals surface area contributed by atoms with E-state index >= 15 is 0 Å². The number of rotatable bonds is 3. The van der Waals surface area contributed by atoms with Crippen LogP contribution in [0.1, 0.15) is 22.5 Å². The lowest BCUT2D eigenvalue weighted by Gasteiger charge is -2.09. The normalized spacial score (nSPS) is 10.8. The van der Waals surface area contributed by atoms with Gasteiger partial charge >= 0.3 is 0 Å². The molecule has 0 aliphatic rings. The molecule has 5 heteroatoms. The molecule has 0 radical (unpaired) electrons. The monoisotopic (exact) mass is 321 g/mol. The summed E-state index contributed by atoms with van der Waals surface area (Å²) in [6.07, 6.45) is 0. The molecule has 0 fully saturated rings. The van der Waals surface area contributed by atoms with Crippen LogP contribution in [0, 0.1) is 37.8 Å². The van der Waals surface area contributed by atoms with Crippen LogP contribution in [0.3, 0.4) is 0 Å². The largest absolute Gasteiger partial charge is 0.270 e. The predicted molar refractivity (Wildman–Crippen MR) is 94.6 cm³/mol. The molecule has 0 saturated heterocycles. The molecule has 1 aromatic heterocycles. The average Bonchev–Trinajstić information content (AvgIpc) is 2.82. The molecule has 0 N–H and O–H groups in total. The third-order valence-electron chi connectivity index (χ3n) is 4.22. The van der Waals surface area contributed by atoms with Gasteiger partial charge in [0.2, 0.25) is 0 Å². The maximum atomic E-state index is 11.0. The summed E-state index contributed by atoms with van der Waals surface area (Å²) >= 11 is 0. The Morgan fingerprint density at radius 2 is 1.79 bits per heavy atom. The number of nitro benzene ring substituents is 1. The second-order valence-electron chi connectivity index (χ2n) is 6.06. The third kappa shape index (κ3) is 2.69. The van der Waals surface area contributed by atoms with Gasteiger partial charge in [-0.25, -0.2) is 4.68 Å². The first-order valence-electron chi connectivity index (χ1n) is 7.77. The topological polar surface area (TPSA) is 61.0 Å². The van der Waals surface area contributed by atoms with E-state index < -0.39 is 0 Å². The van der Waals surface area contributed by atoms with Crippen LogP contribution in [-0.2, 0) is 0 Å². The summed E-state index contributed by atoms with van der Waals surface area (Å²) in [6.45, 7) is 8.05. The van der Waals surface area contributed by atoms with Gasteiger partial charge in [0.1, 0.15) is 0 Å². The Kier molecular flexibility index (Phi) is 3.93. The van der Waals surface area contributed by atoms with Crippen molar-refractivity contribution in [3.8, 4) is 16.8 Å². The van der Waals surface area contributed by atoms with E-state index in [1.807, 2.05) is 24.6 Å². The van der Waals surface area contributed by atoms with E-state index in [0.717, 1.165) is 33.8 Å². The van der Waals surface area contributed by atoms with Crippen molar-refractivity contribution in [3.05, 3.63) is 75.1 Å². The molecule has 0 bridgehead atoms. The number of hydrogen-bond acceptors (Lipinski definition) is 3. The maximum Gasteiger partial charge on any atom is 0.270 e. The summed E-state index contributed by atoms with van der Waals surface area (Å²) in [5, 5.41) is 15.7. The summed E-state index contributed by atoms with van der Waals surface area (Å²) in [6, 6.07) is 12.9. The molecule has 0 aliphatic carbocycles. The minimum absolute atomic E-state index is 0.0885. The van der Waals surface area contributed by atoms with Crippen molar-refractivity contribution in [2.24, 2.45) is 0 Å². The molecule has 0 saturated carbocycles. The number of non-ortho nitro benzene ring substituents is 1. The minimum Gasteiger partial charge on any atom is -0.258 e. The lowest BCUT2D eigenvalue weighted by atomic mass is 10.0. The van der Waals surface area contributed by atoms with Crippen LogP contribution in [0.25, 0.3) is 16.8 Å². The van der Waals surface area contributed by atoms with Crippen LogP contribution in [0.5, 0.6) is 0 Å². The zero-order chi connectivity index (χ0) is 17.4. The Hall–Kier alpha value is -2.95. The highest BCUT2D eigenvalue weighted by Gasteiger charge is 2.17. The van der Waals surface area contributed by atoms with Gasteiger partial charge in [0, 0.05) is 23.4 Å². The van der Waals surface area contributed by atoms with Crippen LogP contribution in [-0.4, -0.2) is 14.7 Å². The van der Waals surface area contributed by atoms with Crippen molar-refractivity contribution >= 4 is 5.69 Å². The number of benzene rings is 2. The fourth-order valence-electron chi connectivity index (χ4n) is 3.11. The molecule has 2 aromatic carbocycles. The summed E-state index contributed by atoms with van der Waals surface area (Å²) < 4.78 is 1.91. The molecule has 3 aromatic rings. The summed E-state index contributed by atoms with van der Waals surface area (Å²) in [5.41, 5.74) is 7.05. The summed E-state index contributed by atoms with van der Waals surface area (Å²) in [4.78, 5) is 10.7. The van der Waals surface area contributed by atoms with Gasteiger partial charge in [0.05, 0.1) is 16.3 Å². The number of nitrogens with zero attached hydrogens (tertiary/aromatic N) is 3. The van der Waals surface area contributed by atoms with E-state index in [2.05, 4.69) is 37.1 Å². The van der Waals surface area contributed by atoms with Gasteiger partial charge in [-0.1, -0.05) is 29.8 Å². The SMILES string of the molecule is Cc1ccc(-n2nc(C)c(-c3cccc([N+](=O)[O-])c3)c2C)c(C)c1. The number of aryl methyl sites for hydroxylation is 3. The minimum atomic E-state index is -0.372. The highest BCUT2D eigenvalue weighted by Crippen LogP contribution is 2.31. The molecule has 0 spiro atoms. The zero-order valence-corrected chi connectivity index (χ0v) is 14.2. The molecule has 24 heavy (non-hydrogen) atoms. The second-order valence-corrected chi connectivity index (χ2v) is 6.06. The number of hydrogen-bond donors (Lipinski definition) is 0. The van der Waals surface area contributed by atoms with Gasteiger partial charge in [-0.3, -0.25) is 10.1 Å². The molecule has 3 rings (SSSR count). The average molecular weight is 321 g/mol. The predicted octanol–water partition coefficient (Wildman–Crippen LogP) is 4.68. The van der Waals surface area contributed by atoms with Gasteiger partial charge in [-0.05, 0) is 44.9 Å². The van der Waals surface area contributed by atoms with E-state index in [1.165, 1.54) is 11.6 Å². The van der Waals surface area contributed by atoms with Crippen molar-refractivity contribution in [3.63, 3.8) is 0 Å². The van der Waals surface area contributed by atoms with E-state index in [-0.39, 0.29) is 10.6 Å². The Labute approximate surface area is 140 Å². The maximum absolute atomic E-state index is 11.0. The first-order chi connectivity index (χ1) is 11.4. The quantitative estimate of drug-likeness (QED) is 0.520. The molecule has 122 valence electrons. The van der Waals surface area contributed by atoms with E-state index in [4.69, 9.17) is 0 Å². The fraction of sp³-hybridized carbons (Fsp3) is 0.211. The molecule has 0 aliphatic heterocycles. The van der Waals surface area contributed by atoms with Crippen LogP contribution < -0.4 is 0 Å². The van der Waals surface area contributed by atoms with Crippen molar-refractivity contribution < 1.29 is 4.92 Å². The Morgan fingerprint density at radius 1 is 1.04 bits per heavy atom. The van der Waals surface area contributed by atoms with Crippen LogP contribution in [0.4, 0.5) is 5.69 Å². The van der Waals surface area contributed by atoms with Gasteiger partial charge in [-0.15, -0.1) is 0 Å². The Balaban J connectivity index is 2.17. The van der Waals surface area contributed by atoms with Crippen molar-refractivity contribution in [1.82, 2.24) is 9.78 Å². The molecule has 0 amide bonds. The highest BCUT2D eigenvalue weighted by molar-refractivity contribution is 5.71. The Bertz CT molecular complexity index is 942. The Morgan fingerprint density at radius 3 is 2.46 bits per heavy atom. The van der Waals surface area contributed by atoms with Crippen molar-refractivity contribution in [2.45, 2.75) is 27.7 Å². The first-order valence-corrected chi connectivity index (χ1v) is 7.77. The molecular formula is C19H19N3O2. The van der Waals surface area contributed by atoms with Crippen molar-refractivity contribution in [1.29, 1.82) is 0 Å². The highest BCUT2D eigenvalue weighted by atomic mass is 16.6. The van der Waals surface area contributed by atoms with E-state index in [0.29, 0.717) is 0 Å². The number of aromatic nitrogens is 2. The van der Waals surface area contributed by atoms with E-state index in [1.54, 1.807) is 12.1 Å². The molecular weight excluding hydrogens is 302 g/mol. The summed E-state index contributed by atoms with van der Waals surface area (Å²) in [5.74, 6) is 0. The van der Waals surface area contributed by atoms with Gasteiger partial charge in [-0.2, -0.15) is 5.10 Å². The van der Waals surface area contributed by atoms with Gasteiger partial charge < -0.3 is 0 Å². The molecule has 1 heterocycles. The third-order valence-corrected chi connectivity index (χ3v) is 4.22.